The molecule has 0 aromatic heterocycles. The van der Waals surface area contributed by atoms with Crippen LogP contribution in [0.2, 0.25) is 0 Å². The number of carbonyl (C=O) groups excluding carboxylic acids is 1. The van der Waals surface area contributed by atoms with Gasteiger partial charge in [-0.1, -0.05) is 24.6 Å². The minimum absolute atomic E-state index is 0.0388. The first-order chi connectivity index (χ1) is 13.9. The average molecular weight is 397 g/mol. The van der Waals surface area contributed by atoms with Crippen LogP contribution in [0.3, 0.4) is 0 Å². The summed E-state index contributed by atoms with van der Waals surface area (Å²) in [6, 6.07) is 15.0. The fourth-order valence-electron chi connectivity index (χ4n) is 3.38. The van der Waals surface area contributed by atoms with Gasteiger partial charge in [0.1, 0.15) is 11.5 Å². The highest BCUT2D eigenvalue weighted by Crippen LogP contribution is 2.26. The molecule has 2 aromatic rings. The number of hydrogen-bond donors (Lipinski definition) is 3. The lowest BCUT2D eigenvalue weighted by molar-refractivity contribution is -0.139. The van der Waals surface area contributed by atoms with E-state index in [9.17, 15) is 9.59 Å². The third kappa shape index (κ3) is 5.96. The Kier molecular flexibility index (Phi) is 6.72. The Labute approximate surface area is 170 Å². The molecule has 2 amide bonds. The Bertz CT molecular complexity index is 830. The molecular formula is C22H27N3O4. The Morgan fingerprint density at radius 1 is 1.07 bits per heavy atom. The lowest BCUT2D eigenvalue weighted by Crippen LogP contribution is -2.55. The minimum atomic E-state index is -0.823. The standard InChI is InChI=1S/C22H27N3O4/c1-3-25(14-21(26)27)18-12-17(13-18)24-22(28)23-16-6-10-20(11-7-16)29-19-8-4-15(2)5-9-19/h4-11,17-18H,3,12-14H2,1-2H3,(H,26,27)(H2,23,24,28). The van der Waals surface area contributed by atoms with Gasteiger partial charge in [0.25, 0.3) is 0 Å². The van der Waals surface area contributed by atoms with Crippen molar-refractivity contribution in [2.45, 2.75) is 38.8 Å². The van der Waals surface area contributed by atoms with Gasteiger partial charge in [0, 0.05) is 17.8 Å². The van der Waals surface area contributed by atoms with E-state index in [1.54, 1.807) is 24.3 Å². The second kappa shape index (κ2) is 9.43. The van der Waals surface area contributed by atoms with Crippen molar-refractivity contribution in [2.24, 2.45) is 0 Å². The molecule has 2 aromatic carbocycles. The van der Waals surface area contributed by atoms with E-state index in [4.69, 9.17) is 9.84 Å². The molecule has 0 aliphatic heterocycles. The molecule has 1 fully saturated rings. The number of carboxylic acid groups (broad SMARTS) is 1. The Morgan fingerprint density at radius 2 is 1.66 bits per heavy atom. The van der Waals surface area contributed by atoms with Gasteiger partial charge in [0.05, 0.1) is 6.54 Å². The van der Waals surface area contributed by atoms with E-state index >= 15 is 0 Å². The fourth-order valence-corrected chi connectivity index (χ4v) is 3.38. The van der Waals surface area contributed by atoms with E-state index in [-0.39, 0.29) is 24.7 Å². The predicted molar refractivity (Wildman–Crippen MR) is 112 cm³/mol. The number of nitrogens with one attached hydrogen (secondary N) is 2. The van der Waals surface area contributed by atoms with Crippen LogP contribution < -0.4 is 15.4 Å². The Morgan fingerprint density at radius 3 is 2.21 bits per heavy atom. The number of rotatable bonds is 8. The zero-order valence-electron chi connectivity index (χ0n) is 16.7. The van der Waals surface area contributed by atoms with E-state index < -0.39 is 5.97 Å². The summed E-state index contributed by atoms with van der Waals surface area (Å²) in [4.78, 5) is 25.0. The van der Waals surface area contributed by atoms with Gasteiger partial charge < -0.3 is 20.5 Å². The van der Waals surface area contributed by atoms with Crippen molar-refractivity contribution < 1.29 is 19.4 Å². The zero-order valence-corrected chi connectivity index (χ0v) is 16.7. The van der Waals surface area contributed by atoms with Gasteiger partial charge in [-0.25, -0.2) is 4.79 Å². The van der Waals surface area contributed by atoms with Crippen LogP contribution in [0.25, 0.3) is 0 Å². The first kappa shape index (κ1) is 20.7. The highest BCUT2D eigenvalue weighted by Gasteiger charge is 2.34. The lowest BCUT2D eigenvalue weighted by atomic mass is 9.85. The van der Waals surface area contributed by atoms with E-state index in [0.717, 1.165) is 18.6 Å². The number of hydrogen-bond acceptors (Lipinski definition) is 4. The molecule has 7 heteroatoms. The van der Waals surface area contributed by atoms with Crippen molar-refractivity contribution in [1.29, 1.82) is 0 Å². The normalized spacial score (nSPS) is 18.0. The van der Waals surface area contributed by atoms with Gasteiger partial charge in [-0.15, -0.1) is 0 Å². The summed E-state index contributed by atoms with van der Waals surface area (Å²) in [5, 5.41) is 14.7. The van der Waals surface area contributed by atoms with Gasteiger partial charge >= 0.3 is 12.0 Å². The number of aryl methyl sites for hydroxylation is 1. The Hall–Kier alpha value is -3.06. The van der Waals surface area contributed by atoms with Gasteiger partial charge in [0.15, 0.2) is 0 Å². The van der Waals surface area contributed by atoms with Gasteiger partial charge in [-0.3, -0.25) is 9.69 Å². The van der Waals surface area contributed by atoms with Crippen molar-refractivity contribution in [1.82, 2.24) is 10.2 Å². The molecule has 3 N–H and O–H groups in total. The van der Waals surface area contributed by atoms with Crippen molar-refractivity contribution in [3.05, 3.63) is 54.1 Å². The molecule has 0 unspecified atom stereocenters. The van der Waals surface area contributed by atoms with Crippen molar-refractivity contribution >= 4 is 17.7 Å². The van der Waals surface area contributed by atoms with Crippen LogP contribution >= 0.6 is 0 Å². The van der Waals surface area contributed by atoms with Gasteiger partial charge in [-0.2, -0.15) is 0 Å². The summed E-state index contributed by atoms with van der Waals surface area (Å²) < 4.78 is 5.78. The smallest absolute Gasteiger partial charge is 0.319 e. The summed E-state index contributed by atoms with van der Waals surface area (Å²) in [7, 11) is 0. The molecule has 0 spiro atoms. The van der Waals surface area contributed by atoms with E-state index in [1.807, 2.05) is 43.0 Å². The summed E-state index contributed by atoms with van der Waals surface area (Å²) >= 11 is 0. The van der Waals surface area contributed by atoms with Crippen molar-refractivity contribution in [3.63, 3.8) is 0 Å². The molecule has 0 atom stereocenters. The largest absolute Gasteiger partial charge is 0.480 e. The van der Waals surface area contributed by atoms with Crippen LogP contribution in [-0.2, 0) is 4.79 Å². The number of benzene rings is 2. The van der Waals surface area contributed by atoms with E-state index in [2.05, 4.69) is 10.6 Å². The second-order valence-electron chi connectivity index (χ2n) is 7.32. The molecular weight excluding hydrogens is 370 g/mol. The zero-order chi connectivity index (χ0) is 20.8. The number of ether oxygens (including phenoxy) is 1. The molecule has 0 radical (unpaired) electrons. The molecule has 0 saturated heterocycles. The van der Waals surface area contributed by atoms with Crippen LogP contribution in [0.4, 0.5) is 10.5 Å². The first-order valence-electron chi connectivity index (χ1n) is 9.81. The summed E-state index contributed by atoms with van der Waals surface area (Å²) in [6.07, 6.45) is 1.52. The van der Waals surface area contributed by atoms with Crippen molar-refractivity contribution in [2.75, 3.05) is 18.4 Å². The van der Waals surface area contributed by atoms with Gasteiger partial charge in [-0.05, 0) is 62.7 Å². The highest BCUT2D eigenvalue weighted by molar-refractivity contribution is 5.89. The van der Waals surface area contributed by atoms with Crippen LogP contribution in [0.1, 0.15) is 25.3 Å². The Balaban J connectivity index is 1.43. The van der Waals surface area contributed by atoms with Crippen LogP contribution in [-0.4, -0.2) is 47.2 Å². The quantitative estimate of drug-likeness (QED) is 0.629. The van der Waals surface area contributed by atoms with Gasteiger partial charge in [0.2, 0.25) is 0 Å². The number of aliphatic carboxylic acids is 1. The summed E-state index contributed by atoms with van der Waals surface area (Å²) in [5.41, 5.74) is 1.85. The number of carboxylic acids is 1. The maximum atomic E-state index is 12.2. The predicted octanol–water partition coefficient (Wildman–Crippen LogP) is 3.85. The van der Waals surface area contributed by atoms with Crippen molar-refractivity contribution in [3.8, 4) is 11.5 Å². The first-order valence-corrected chi connectivity index (χ1v) is 9.81. The minimum Gasteiger partial charge on any atom is -0.480 e. The number of anilines is 1. The fraction of sp³-hybridized carbons (Fsp3) is 0.364. The molecule has 154 valence electrons. The summed E-state index contributed by atoms with van der Waals surface area (Å²) in [5.74, 6) is 0.633. The van der Waals surface area contributed by atoms with Crippen LogP contribution in [0, 0.1) is 6.92 Å². The topological polar surface area (TPSA) is 90.9 Å². The maximum Gasteiger partial charge on any atom is 0.319 e. The maximum absolute atomic E-state index is 12.2. The van der Waals surface area contributed by atoms with E-state index in [0.29, 0.717) is 18.0 Å². The monoisotopic (exact) mass is 397 g/mol. The summed E-state index contributed by atoms with van der Waals surface area (Å²) in [6.45, 7) is 4.70. The number of amides is 2. The van der Waals surface area contributed by atoms with E-state index in [1.165, 1.54) is 5.56 Å². The highest BCUT2D eigenvalue weighted by atomic mass is 16.5. The molecule has 1 aliphatic rings. The third-order valence-corrected chi connectivity index (χ3v) is 5.08. The number of likely N-dealkylation sites (N-methyl/N-ethyl adjacent to an activating group) is 1. The molecule has 7 nitrogen and oxygen atoms in total. The number of urea groups is 1. The molecule has 0 bridgehead atoms. The molecule has 3 rings (SSSR count). The lowest BCUT2D eigenvalue weighted by Gasteiger charge is -2.42. The second-order valence-corrected chi connectivity index (χ2v) is 7.32. The molecule has 0 heterocycles. The molecule has 29 heavy (non-hydrogen) atoms. The average Bonchev–Trinajstić information content (AvgIpc) is 2.66. The number of nitrogens with zero attached hydrogens (tertiary/aromatic N) is 1. The molecule has 1 saturated carbocycles. The third-order valence-electron chi connectivity index (χ3n) is 5.08. The van der Waals surface area contributed by atoms with Crippen LogP contribution in [0.5, 0.6) is 11.5 Å². The molecule has 1 aliphatic carbocycles. The van der Waals surface area contributed by atoms with Crippen LogP contribution in [0.15, 0.2) is 48.5 Å². The number of carbonyl (C=O) groups is 2. The SMILES string of the molecule is CCN(CC(=O)O)C1CC(NC(=O)Nc2ccc(Oc3ccc(C)cc3)cc2)C1.